The molecule has 0 spiro atoms. The SMILES string of the molecule is CN(C)CCNC(=O)Cc1nc2ccc(-c3ccccc3)cc2s1. The van der Waals surface area contributed by atoms with Crippen LogP contribution in [0.5, 0.6) is 0 Å². The zero-order valence-electron chi connectivity index (χ0n) is 14.0. The summed E-state index contributed by atoms with van der Waals surface area (Å²) in [6.45, 7) is 1.50. The first kappa shape index (κ1) is 16.6. The highest BCUT2D eigenvalue weighted by atomic mass is 32.1. The van der Waals surface area contributed by atoms with Gasteiger partial charge in [0.25, 0.3) is 0 Å². The number of hydrogen-bond donors (Lipinski definition) is 1. The molecule has 2 aromatic carbocycles. The van der Waals surface area contributed by atoms with E-state index in [0.29, 0.717) is 13.0 Å². The lowest BCUT2D eigenvalue weighted by atomic mass is 10.1. The fourth-order valence-corrected chi connectivity index (χ4v) is 3.48. The average molecular weight is 339 g/mol. The monoisotopic (exact) mass is 339 g/mol. The van der Waals surface area contributed by atoms with Gasteiger partial charge < -0.3 is 10.2 Å². The van der Waals surface area contributed by atoms with Gasteiger partial charge in [0.05, 0.1) is 16.6 Å². The van der Waals surface area contributed by atoms with Gasteiger partial charge in [0.15, 0.2) is 0 Å². The summed E-state index contributed by atoms with van der Waals surface area (Å²) in [4.78, 5) is 18.6. The summed E-state index contributed by atoms with van der Waals surface area (Å²) in [5.74, 6) is 0.0270. The van der Waals surface area contributed by atoms with E-state index in [2.05, 4.69) is 34.6 Å². The first-order chi connectivity index (χ1) is 11.6. The molecule has 0 bridgehead atoms. The molecule has 3 rings (SSSR count). The highest BCUT2D eigenvalue weighted by Gasteiger charge is 2.10. The topological polar surface area (TPSA) is 45.2 Å². The van der Waals surface area contributed by atoms with E-state index in [-0.39, 0.29) is 5.91 Å². The smallest absolute Gasteiger partial charge is 0.226 e. The maximum absolute atomic E-state index is 12.0. The van der Waals surface area contributed by atoms with E-state index in [4.69, 9.17) is 0 Å². The Hall–Kier alpha value is -2.24. The van der Waals surface area contributed by atoms with Crippen LogP contribution < -0.4 is 5.32 Å². The minimum Gasteiger partial charge on any atom is -0.354 e. The van der Waals surface area contributed by atoms with E-state index >= 15 is 0 Å². The molecule has 5 heteroatoms. The second-order valence-corrected chi connectivity index (χ2v) is 7.10. The van der Waals surface area contributed by atoms with Crippen molar-refractivity contribution in [3.05, 3.63) is 53.5 Å². The van der Waals surface area contributed by atoms with Crippen molar-refractivity contribution < 1.29 is 4.79 Å². The predicted molar refractivity (Wildman–Crippen MR) is 100 cm³/mol. The first-order valence-corrected chi connectivity index (χ1v) is 8.80. The van der Waals surface area contributed by atoms with Crippen LogP contribution in [0.4, 0.5) is 0 Å². The van der Waals surface area contributed by atoms with Crippen molar-refractivity contribution in [3.8, 4) is 11.1 Å². The van der Waals surface area contributed by atoms with Crippen molar-refractivity contribution in [3.63, 3.8) is 0 Å². The molecular formula is C19H21N3OS. The predicted octanol–water partition coefficient (Wildman–Crippen LogP) is 3.18. The fourth-order valence-electron chi connectivity index (χ4n) is 2.48. The summed E-state index contributed by atoms with van der Waals surface area (Å²) in [6.07, 6.45) is 0.341. The minimum atomic E-state index is 0.0270. The summed E-state index contributed by atoms with van der Waals surface area (Å²) in [5, 5.41) is 3.79. The van der Waals surface area contributed by atoms with Crippen LogP contribution in [0.2, 0.25) is 0 Å². The quantitative estimate of drug-likeness (QED) is 0.750. The van der Waals surface area contributed by atoms with Gasteiger partial charge in [-0.25, -0.2) is 4.98 Å². The maximum Gasteiger partial charge on any atom is 0.226 e. The van der Waals surface area contributed by atoms with Gasteiger partial charge in [-0.05, 0) is 37.4 Å². The molecule has 4 nitrogen and oxygen atoms in total. The summed E-state index contributed by atoms with van der Waals surface area (Å²) < 4.78 is 1.12. The molecule has 1 aromatic heterocycles. The van der Waals surface area contributed by atoms with E-state index in [1.807, 2.05) is 43.3 Å². The Labute approximate surface area is 146 Å². The number of aromatic nitrogens is 1. The lowest BCUT2D eigenvalue weighted by Gasteiger charge is -2.09. The number of carbonyl (C=O) groups excluding carboxylic acids is 1. The fraction of sp³-hybridized carbons (Fsp3) is 0.263. The molecule has 1 N–H and O–H groups in total. The molecule has 0 radical (unpaired) electrons. The number of benzene rings is 2. The number of hydrogen-bond acceptors (Lipinski definition) is 4. The molecule has 1 heterocycles. The van der Waals surface area contributed by atoms with Crippen molar-refractivity contribution in [2.24, 2.45) is 0 Å². The molecule has 0 atom stereocenters. The van der Waals surface area contributed by atoms with Gasteiger partial charge in [0.2, 0.25) is 5.91 Å². The van der Waals surface area contributed by atoms with Crippen LogP contribution in [0.15, 0.2) is 48.5 Å². The number of nitrogens with zero attached hydrogens (tertiary/aromatic N) is 2. The summed E-state index contributed by atoms with van der Waals surface area (Å²) in [7, 11) is 3.98. The standard InChI is InChI=1S/C19H21N3OS/c1-22(2)11-10-20-18(23)13-19-21-16-9-8-15(12-17(16)24-19)14-6-4-3-5-7-14/h3-9,12H,10-11,13H2,1-2H3,(H,20,23). The average Bonchev–Trinajstić information content (AvgIpc) is 2.96. The van der Waals surface area contributed by atoms with Crippen LogP contribution >= 0.6 is 11.3 Å². The van der Waals surface area contributed by atoms with Gasteiger partial charge in [-0.1, -0.05) is 36.4 Å². The minimum absolute atomic E-state index is 0.0270. The van der Waals surface area contributed by atoms with Crippen molar-refractivity contribution in [1.29, 1.82) is 0 Å². The van der Waals surface area contributed by atoms with Gasteiger partial charge in [-0.2, -0.15) is 0 Å². The van der Waals surface area contributed by atoms with Crippen LogP contribution in [0.25, 0.3) is 21.3 Å². The lowest BCUT2D eigenvalue weighted by molar-refractivity contribution is -0.120. The van der Waals surface area contributed by atoms with Crippen molar-refractivity contribution in [2.75, 3.05) is 27.2 Å². The Bertz CT molecular complexity index is 827. The molecule has 24 heavy (non-hydrogen) atoms. The number of nitrogens with one attached hydrogen (secondary N) is 1. The zero-order chi connectivity index (χ0) is 16.9. The van der Waals surface area contributed by atoms with E-state index < -0.39 is 0 Å². The van der Waals surface area contributed by atoms with Gasteiger partial charge >= 0.3 is 0 Å². The van der Waals surface area contributed by atoms with E-state index in [1.54, 1.807) is 11.3 Å². The maximum atomic E-state index is 12.0. The molecule has 0 unspecified atom stereocenters. The van der Waals surface area contributed by atoms with Crippen LogP contribution in [0.3, 0.4) is 0 Å². The number of likely N-dealkylation sites (N-methyl/N-ethyl adjacent to an activating group) is 1. The number of thiazole rings is 1. The summed E-state index contributed by atoms with van der Waals surface area (Å²) in [5.41, 5.74) is 3.32. The molecule has 3 aromatic rings. The number of amides is 1. The van der Waals surface area contributed by atoms with Crippen molar-refractivity contribution in [2.45, 2.75) is 6.42 Å². The Kier molecular flexibility index (Phi) is 5.23. The molecular weight excluding hydrogens is 318 g/mol. The lowest BCUT2D eigenvalue weighted by Crippen LogP contribution is -2.32. The number of carbonyl (C=O) groups is 1. The highest BCUT2D eigenvalue weighted by molar-refractivity contribution is 7.18. The molecule has 0 aliphatic heterocycles. The molecule has 0 saturated heterocycles. The normalized spacial score (nSPS) is 11.1. The van der Waals surface area contributed by atoms with Crippen LogP contribution in [-0.4, -0.2) is 43.0 Å². The van der Waals surface area contributed by atoms with Gasteiger partial charge in [-0.15, -0.1) is 11.3 Å². The van der Waals surface area contributed by atoms with Gasteiger partial charge in [0, 0.05) is 13.1 Å². The zero-order valence-corrected chi connectivity index (χ0v) is 14.8. The second kappa shape index (κ2) is 7.55. The Balaban J connectivity index is 1.71. The third-order valence-corrected chi connectivity index (χ3v) is 4.75. The first-order valence-electron chi connectivity index (χ1n) is 7.98. The van der Waals surface area contributed by atoms with Crippen LogP contribution in [0.1, 0.15) is 5.01 Å². The number of fused-ring (bicyclic) bond motifs is 1. The highest BCUT2D eigenvalue weighted by Crippen LogP contribution is 2.28. The third-order valence-electron chi connectivity index (χ3n) is 3.73. The summed E-state index contributed by atoms with van der Waals surface area (Å²) in [6, 6.07) is 16.5. The molecule has 124 valence electrons. The molecule has 0 aliphatic carbocycles. The Morgan fingerprint density at radius 1 is 1.12 bits per heavy atom. The van der Waals surface area contributed by atoms with E-state index in [0.717, 1.165) is 21.8 Å². The molecule has 0 aliphatic rings. The van der Waals surface area contributed by atoms with Gasteiger partial charge in [-0.3, -0.25) is 4.79 Å². The van der Waals surface area contributed by atoms with Crippen molar-refractivity contribution in [1.82, 2.24) is 15.2 Å². The second-order valence-electron chi connectivity index (χ2n) is 5.99. The Morgan fingerprint density at radius 2 is 1.92 bits per heavy atom. The molecule has 0 saturated carbocycles. The van der Waals surface area contributed by atoms with Crippen LogP contribution in [0, 0.1) is 0 Å². The molecule has 0 fully saturated rings. The molecule has 1 amide bonds. The summed E-state index contributed by atoms with van der Waals surface area (Å²) >= 11 is 1.59. The van der Waals surface area contributed by atoms with E-state index in [1.165, 1.54) is 11.1 Å². The van der Waals surface area contributed by atoms with Crippen LogP contribution in [-0.2, 0) is 11.2 Å². The van der Waals surface area contributed by atoms with Gasteiger partial charge in [0.1, 0.15) is 5.01 Å². The Morgan fingerprint density at radius 3 is 2.67 bits per heavy atom. The van der Waals surface area contributed by atoms with E-state index in [9.17, 15) is 4.79 Å². The number of rotatable bonds is 6. The van der Waals surface area contributed by atoms with Crippen molar-refractivity contribution >= 4 is 27.5 Å². The third kappa shape index (κ3) is 4.19. The largest absolute Gasteiger partial charge is 0.354 e.